The zero-order valence-corrected chi connectivity index (χ0v) is 15.5. The maximum absolute atomic E-state index is 13.0. The summed E-state index contributed by atoms with van der Waals surface area (Å²) >= 11 is 0. The van der Waals surface area contributed by atoms with Crippen LogP contribution in [0.2, 0.25) is 0 Å². The van der Waals surface area contributed by atoms with Crippen molar-refractivity contribution in [3.05, 3.63) is 42.0 Å². The van der Waals surface area contributed by atoms with Crippen molar-refractivity contribution in [1.82, 2.24) is 10.2 Å². The minimum Gasteiger partial charge on any atom is -0.490 e. The van der Waals surface area contributed by atoms with Gasteiger partial charge in [0.15, 0.2) is 0 Å². The Balaban J connectivity index is 2.39. The molecule has 2 rings (SSSR count). The van der Waals surface area contributed by atoms with E-state index in [1.165, 1.54) is 4.90 Å². The number of benzene rings is 1. The van der Waals surface area contributed by atoms with E-state index in [4.69, 9.17) is 4.74 Å². The summed E-state index contributed by atoms with van der Waals surface area (Å²) in [5.41, 5.74) is 0.483. The van der Waals surface area contributed by atoms with Gasteiger partial charge in [-0.15, -0.1) is 0 Å². The van der Waals surface area contributed by atoms with E-state index in [0.717, 1.165) is 12.8 Å². The summed E-state index contributed by atoms with van der Waals surface area (Å²) in [6.07, 6.45) is 5.59. The molecule has 136 valence electrons. The second-order valence-corrected chi connectivity index (χ2v) is 6.82. The van der Waals surface area contributed by atoms with Gasteiger partial charge in [-0.3, -0.25) is 9.59 Å². The van der Waals surface area contributed by atoms with Gasteiger partial charge in [0.2, 0.25) is 5.91 Å². The number of ether oxygens (including phenoxy) is 1. The molecular weight excluding hydrogens is 316 g/mol. The first-order chi connectivity index (χ1) is 11.9. The molecule has 0 saturated heterocycles. The average molecular weight is 344 g/mol. The van der Waals surface area contributed by atoms with Crippen LogP contribution in [-0.2, 0) is 4.79 Å². The fourth-order valence-electron chi connectivity index (χ4n) is 3.04. The Morgan fingerprint density at radius 1 is 1.20 bits per heavy atom. The third kappa shape index (κ3) is 4.84. The summed E-state index contributed by atoms with van der Waals surface area (Å²) in [5.74, 6) is 0.233. The van der Waals surface area contributed by atoms with Crippen molar-refractivity contribution in [3.8, 4) is 5.75 Å². The fourth-order valence-corrected chi connectivity index (χ4v) is 3.04. The SMILES string of the molecule is CC(C)[C@H]1C(=O)NCC/C=C\C[C@H](C)Oc2ccccc2C(=O)N1C. The van der Waals surface area contributed by atoms with E-state index in [2.05, 4.69) is 17.5 Å². The zero-order valence-electron chi connectivity index (χ0n) is 15.5. The van der Waals surface area contributed by atoms with Gasteiger partial charge in [-0.25, -0.2) is 0 Å². The van der Waals surface area contributed by atoms with E-state index in [1.807, 2.05) is 32.9 Å². The smallest absolute Gasteiger partial charge is 0.258 e. The lowest BCUT2D eigenvalue weighted by Gasteiger charge is -2.31. The van der Waals surface area contributed by atoms with E-state index in [1.54, 1.807) is 19.2 Å². The number of para-hydroxylation sites is 1. The number of amides is 2. The standard InChI is InChI=1S/C20H28N2O3/c1-14(2)18-19(23)21-13-9-5-6-10-15(3)25-17-12-8-7-11-16(17)20(24)22(18)4/h5-8,11-12,14-15,18H,9-10,13H2,1-4H3,(H,21,23)/b6-5-/t15-,18-/m0/s1. The Labute approximate surface area is 150 Å². The average Bonchev–Trinajstić information content (AvgIpc) is 2.56. The Morgan fingerprint density at radius 2 is 1.92 bits per heavy atom. The summed E-state index contributed by atoms with van der Waals surface area (Å²) in [5, 5.41) is 2.94. The Hall–Kier alpha value is -2.30. The van der Waals surface area contributed by atoms with E-state index >= 15 is 0 Å². The normalized spacial score (nSPS) is 24.1. The molecule has 0 fully saturated rings. The van der Waals surface area contributed by atoms with E-state index < -0.39 is 6.04 Å². The van der Waals surface area contributed by atoms with Crippen LogP contribution in [0, 0.1) is 5.92 Å². The van der Waals surface area contributed by atoms with Gasteiger partial charge in [-0.2, -0.15) is 0 Å². The number of hydrogen-bond acceptors (Lipinski definition) is 3. The maximum Gasteiger partial charge on any atom is 0.258 e. The van der Waals surface area contributed by atoms with Crippen LogP contribution in [-0.4, -0.2) is 42.5 Å². The van der Waals surface area contributed by atoms with Crippen LogP contribution in [0.3, 0.4) is 0 Å². The molecule has 1 aromatic rings. The van der Waals surface area contributed by atoms with Crippen molar-refractivity contribution < 1.29 is 14.3 Å². The van der Waals surface area contributed by atoms with Crippen LogP contribution in [0.15, 0.2) is 36.4 Å². The summed E-state index contributed by atoms with van der Waals surface area (Å²) in [7, 11) is 1.68. The molecule has 1 heterocycles. The van der Waals surface area contributed by atoms with Crippen LogP contribution >= 0.6 is 0 Å². The molecule has 1 aromatic carbocycles. The van der Waals surface area contributed by atoms with Gasteiger partial charge in [0.05, 0.1) is 11.7 Å². The van der Waals surface area contributed by atoms with Crippen molar-refractivity contribution in [1.29, 1.82) is 0 Å². The van der Waals surface area contributed by atoms with Crippen molar-refractivity contribution in [2.24, 2.45) is 5.92 Å². The van der Waals surface area contributed by atoms with Gasteiger partial charge < -0.3 is 15.0 Å². The predicted molar refractivity (Wildman–Crippen MR) is 98.6 cm³/mol. The lowest BCUT2D eigenvalue weighted by atomic mass is 10.0. The third-order valence-electron chi connectivity index (χ3n) is 4.33. The second kappa shape index (κ2) is 8.70. The molecule has 0 spiro atoms. The Kier molecular flexibility index (Phi) is 6.62. The third-order valence-corrected chi connectivity index (χ3v) is 4.33. The highest BCUT2D eigenvalue weighted by Crippen LogP contribution is 2.24. The Bertz CT molecular complexity index is 640. The monoisotopic (exact) mass is 344 g/mol. The van der Waals surface area contributed by atoms with Crippen LogP contribution in [0.1, 0.15) is 44.0 Å². The number of nitrogens with one attached hydrogen (secondary N) is 1. The van der Waals surface area contributed by atoms with Crippen molar-refractivity contribution >= 4 is 11.8 Å². The molecule has 0 saturated carbocycles. The van der Waals surface area contributed by atoms with Gasteiger partial charge in [-0.05, 0) is 31.4 Å². The van der Waals surface area contributed by atoms with Crippen LogP contribution in [0.5, 0.6) is 5.75 Å². The highest BCUT2D eigenvalue weighted by Gasteiger charge is 2.31. The molecule has 1 aliphatic heterocycles. The van der Waals surface area contributed by atoms with Crippen LogP contribution in [0.25, 0.3) is 0 Å². The fraction of sp³-hybridized carbons (Fsp3) is 0.500. The van der Waals surface area contributed by atoms with Gasteiger partial charge in [0.25, 0.3) is 5.91 Å². The number of carbonyl (C=O) groups is 2. The highest BCUT2D eigenvalue weighted by atomic mass is 16.5. The molecule has 0 bridgehead atoms. The highest BCUT2D eigenvalue weighted by molar-refractivity contribution is 5.99. The molecule has 0 aliphatic carbocycles. The van der Waals surface area contributed by atoms with E-state index in [0.29, 0.717) is 17.9 Å². The lowest BCUT2D eigenvalue weighted by molar-refractivity contribution is -0.126. The predicted octanol–water partition coefficient (Wildman–Crippen LogP) is 3.02. The summed E-state index contributed by atoms with van der Waals surface area (Å²) < 4.78 is 5.98. The first-order valence-electron chi connectivity index (χ1n) is 8.87. The second-order valence-electron chi connectivity index (χ2n) is 6.82. The summed E-state index contributed by atoms with van der Waals surface area (Å²) in [6, 6.07) is 6.69. The van der Waals surface area contributed by atoms with Crippen molar-refractivity contribution in [2.75, 3.05) is 13.6 Å². The first-order valence-corrected chi connectivity index (χ1v) is 8.87. The van der Waals surface area contributed by atoms with Gasteiger partial charge in [0.1, 0.15) is 11.8 Å². The molecule has 0 radical (unpaired) electrons. The molecule has 1 aliphatic rings. The first kappa shape index (κ1) is 19.0. The molecule has 0 unspecified atom stereocenters. The van der Waals surface area contributed by atoms with E-state index in [-0.39, 0.29) is 23.8 Å². The summed E-state index contributed by atoms with van der Waals surface area (Å²) in [6.45, 7) is 6.44. The summed E-state index contributed by atoms with van der Waals surface area (Å²) in [4.78, 5) is 27.1. The van der Waals surface area contributed by atoms with Crippen LogP contribution < -0.4 is 10.1 Å². The Morgan fingerprint density at radius 3 is 2.64 bits per heavy atom. The van der Waals surface area contributed by atoms with Gasteiger partial charge in [-0.1, -0.05) is 38.1 Å². The molecule has 2 atom stereocenters. The molecule has 0 aromatic heterocycles. The largest absolute Gasteiger partial charge is 0.490 e. The minimum atomic E-state index is -0.523. The number of rotatable bonds is 1. The molecule has 1 N–H and O–H groups in total. The topological polar surface area (TPSA) is 58.6 Å². The molecular formula is C20H28N2O3. The van der Waals surface area contributed by atoms with E-state index in [9.17, 15) is 9.59 Å². The molecule has 2 amide bonds. The number of fused-ring (bicyclic) bond motifs is 1. The van der Waals surface area contributed by atoms with Crippen LogP contribution in [0.4, 0.5) is 0 Å². The molecule has 5 nitrogen and oxygen atoms in total. The van der Waals surface area contributed by atoms with Crippen molar-refractivity contribution in [3.63, 3.8) is 0 Å². The molecule has 5 heteroatoms. The number of hydrogen-bond donors (Lipinski definition) is 1. The minimum absolute atomic E-state index is 0.00408. The number of likely N-dealkylation sites (N-methyl/N-ethyl adjacent to an activating group) is 1. The molecule has 25 heavy (non-hydrogen) atoms. The lowest BCUT2D eigenvalue weighted by Crippen LogP contribution is -2.50. The zero-order chi connectivity index (χ0) is 18.4. The van der Waals surface area contributed by atoms with Crippen molar-refractivity contribution in [2.45, 2.75) is 45.8 Å². The van der Waals surface area contributed by atoms with Gasteiger partial charge in [0, 0.05) is 20.0 Å². The van der Waals surface area contributed by atoms with Gasteiger partial charge >= 0.3 is 0 Å². The number of nitrogens with zero attached hydrogens (tertiary/aromatic N) is 1. The quantitative estimate of drug-likeness (QED) is 0.797. The number of carbonyl (C=O) groups excluding carboxylic acids is 2. The maximum atomic E-state index is 13.0.